The van der Waals surface area contributed by atoms with E-state index in [0.29, 0.717) is 18.8 Å². The summed E-state index contributed by atoms with van der Waals surface area (Å²) in [5.41, 5.74) is 0.0730. The summed E-state index contributed by atoms with van der Waals surface area (Å²) in [6.45, 7) is 6.49. The standard InChI is InChI=1S/C13H21N3O4S/c1-5-14-12-7-6-11(8-13(12)16(17)18)21(19,20)15(4)9-10(2)3/h6-8,10,14H,5,9H2,1-4H3. The fourth-order valence-electron chi connectivity index (χ4n) is 1.96. The van der Waals surface area contributed by atoms with Crippen molar-refractivity contribution in [1.29, 1.82) is 0 Å². The van der Waals surface area contributed by atoms with Crippen molar-refractivity contribution in [2.75, 3.05) is 25.5 Å². The van der Waals surface area contributed by atoms with Crippen LogP contribution in [0, 0.1) is 16.0 Å². The van der Waals surface area contributed by atoms with Crippen molar-refractivity contribution in [3.05, 3.63) is 28.3 Å². The van der Waals surface area contributed by atoms with Gasteiger partial charge in [0.25, 0.3) is 5.69 Å². The lowest BCUT2D eigenvalue weighted by Gasteiger charge is -2.19. The van der Waals surface area contributed by atoms with E-state index in [2.05, 4.69) is 5.32 Å². The normalized spacial score (nSPS) is 11.9. The number of benzene rings is 1. The van der Waals surface area contributed by atoms with Gasteiger partial charge in [0.05, 0.1) is 9.82 Å². The maximum absolute atomic E-state index is 12.4. The van der Waals surface area contributed by atoms with Gasteiger partial charge in [-0.3, -0.25) is 10.1 Å². The van der Waals surface area contributed by atoms with E-state index < -0.39 is 14.9 Å². The van der Waals surface area contributed by atoms with Gasteiger partial charge < -0.3 is 5.32 Å². The second-order valence-corrected chi connectivity index (χ2v) is 7.19. The predicted octanol–water partition coefficient (Wildman–Crippen LogP) is 2.30. The number of rotatable bonds is 7. The number of nitro groups is 1. The molecule has 7 nitrogen and oxygen atoms in total. The average Bonchev–Trinajstić information content (AvgIpc) is 2.38. The Balaban J connectivity index is 3.25. The maximum Gasteiger partial charge on any atom is 0.293 e. The molecular weight excluding hydrogens is 294 g/mol. The molecule has 1 rings (SSSR count). The highest BCUT2D eigenvalue weighted by molar-refractivity contribution is 7.89. The monoisotopic (exact) mass is 315 g/mol. The Hall–Kier alpha value is -1.67. The minimum Gasteiger partial charge on any atom is -0.380 e. The number of anilines is 1. The number of nitro benzene ring substituents is 1. The summed E-state index contributed by atoms with van der Waals surface area (Å²) in [6, 6.07) is 3.92. The predicted molar refractivity (Wildman–Crippen MR) is 81.9 cm³/mol. The van der Waals surface area contributed by atoms with Crippen LogP contribution in [0.1, 0.15) is 20.8 Å². The first-order chi connectivity index (χ1) is 9.70. The third kappa shape index (κ3) is 4.15. The van der Waals surface area contributed by atoms with Crippen LogP contribution in [0.4, 0.5) is 11.4 Å². The Morgan fingerprint density at radius 3 is 2.48 bits per heavy atom. The Morgan fingerprint density at radius 2 is 2.00 bits per heavy atom. The molecule has 1 N–H and O–H groups in total. The van der Waals surface area contributed by atoms with Gasteiger partial charge >= 0.3 is 0 Å². The summed E-state index contributed by atoms with van der Waals surface area (Å²) in [4.78, 5) is 10.4. The highest BCUT2D eigenvalue weighted by Crippen LogP contribution is 2.28. The molecule has 8 heteroatoms. The number of sulfonamides is 1. The fraction of sp³-hybridized carbons (Fsp3) is 0.538. The third-order valence-electron chi connectivity index (χ3n) is 2.86. The zero-order valence-corrected chi connectivity index (χ0v) is 13.5. The second-order valence-electron chi connectivity index (χ2n) is 5.15. The Bertz CT molecular complexity index is 614. The molecule has 0 saturated heterocycles. The molecule has 0 spiro atoms. The number of nitrogens with one attached hydrogen (secondary N) is 1. The van der Waals surface area contributed by atoms with E-state index in [1.54, 1.807) is 0 Å². The molecule has 0 fully saturated rings. The van der Waals surface area contributed by atoms with E-state index in [9.17, 15) is 18.5 Å². The van der Waals surface area contributed by atoms with Gasteiger partial charge in [-0.2, -0.15) is 0 Å². The van der Waals surface area contributed by atoms with Gasteiger partial charge in [-0.05, 0) is 25.0 Å². The lowest BCUT2D eigenvalue weighted by Crippen LogP contribution is -2.30. The van der Waals surface area contributed by atoms with Crippen LogP contribution < -0.4 is 5.32 Å². The highest BCUT2D eigenvalue weighted by atomic mass is 32.2. The molecule has 0 saturated carbocycles. The van der Waals surface area contributed by atoms with Crippen LogP contribution in [0.25, 0.3) is 0 Å². The quantitative estimate of drug-likeness (QED) is 0.615. The molecule has 21 heavy (non-hydrogen) atoms. The molecule has 1 aromatic carbocycles. The molecule has 0 aromatic heterocycles. The summed E-state index contributed by atoms with van der Waals surface area (Å²) in [5.74, 6) is 0.167. The van der Waals surface area contributed by atoms with Crippen molar-refractivity contribution in [3.63, 3.8) is 0 Å². The van der Waals surface area contributed by atoms with Gasteiger partial charge in [0.15, 0.2) is 0 Å². The molecule has 0 atom stereocenters. The molecule has 0 aliphatic heterocycles. The van der Waals surface area contributed by atoms with E-state index in [1.165, 1.54) is 23.5 Å². The molecular formula is C13H21N3O4S. The SMILES string of the molecule is CCNc1ccc(S(=O)(=O)N(C)CC(C)C)cc1[N+](=O)[O-]. The van der Waals surface area contributed by atoms with Crippen molar-refractivity contribution in [3.8, 4) is 0 Å². The average molecular weight is 315 g/mol. The van der Waals surface area contributed by atoms with Crippen LogP contribution in [0.15, 0.2) is 23.1 Å². The summed E-state index contributed by atoms with van der Waals surface area (Å²) < 4.78 is 26.0. The summed E-state index contributed by atoms with van der Waals surface area (Å²) in [7, 11) is -2.25. The fourth-order valence-corrected chi connectivity index (χ4v) is 3.31. The van der Waals surface area contributed by atoms with Crippen LogP contribution in [-0.4, -0.2) is 37.8 Å². The molecule has 1 aromatic rings. The first-order valence-corrected chi connectivity index (χ1v) is 8.12. The summed E-state index contributed by atoms with van der Waals surface area (Å²) in [5, 5.41) is 13.9. The van der Waals surface area contributed by atoms with Crippen molar-refractivity contribution in [2.45, 2.75) is 25.7 Å². The Kier molecular flexibility index (Phi) is 5.68. The van der Waals surface area contributed by atoms with E-state index >= 15 is 0 Å². The van der Waals surface area contributed by atoms with Crippen molar-refractivity contribution >= 4 is 21.4 Å². The maximum atomic E-state index is 12.4. The molecule has 0 aliphatic carbocycles. The minimum atomic E-state index is -3.72. The molecule has 0 amide bonds. The third-order valence-corrected chi connectivity index (χ3v) is 4.68. The number of hydrogen-bond acceptors (Lipinski definition) is 5. The molecule has 0 heterocycles. The molecule has 118 valence electrons. The van der Waals surface area contributed by atoms with Crippen molar-refractivity contribution in [1.82, 2.24) is 4.31 Å². The van der Waals surface area contributed by atoms with Gasteiger partial charge in [0, 0.05) is 26.2 Å². The van der Waals surface area contributed by atoms with E-state index in [-0.39, 0.29) is 16.5 Å². The highest BCUT2D eigenvalue weighted by Gasteiger charge is 2.25. The smallest absolute Gasteiger partial charge is 0.293 e. The lowest BCUT2D eigenvalue weighted by atomic mass is 10.2. The number of hydrogen-bond donors (Lipinski definition) is 1. The molecule has 0 unspecified atom stereocenters. The van der Waals surface area contributed by atoms with E-state index in [1.807, 2.05) is 20.8 Å². The zero-order chi connectivity index (χ0) is 16.2. The summed E-state index contributed by atoms with van der Waals surface area (Å²) in [6.07, 6.45) is 0. The molecule has 0 aliphatic rings. The second kappa shape index (κ2) is 6.86. The van der Waals surface area contributed by atoms with Gasteiger partial charge in [0.2, 0.25) is 10.0 Å². The van der Waals surface area contributed by atoms with Crippen LogP contribution in [0.2, 0.25) is 0 Å². The molecule has 0 bridgehead atoms. The van der Waals surface area contributed by atoms with E-state index in [4.69, 9.17) is 0 Å². The zero-order valence-electron chi connectivity index (χ0n) is 12.7. The lowest BCUT2D eigenvalue weighted by molar-refractivity contribution is -0.384. The first kappa shape index (κ1) is 17.4. The van der Waals surface area contributed by atoms with Gasteiger partial charge in [-0.1, -0.05) is 13.8 Å². The Morgan fingerprint density at radius 1 is 1.38 bits per heavy atom. The van der Waals surface area contributed by atoms with Crippen LogP contribution in [-0.2, 0) is 10.0 Å². The van der Waals surface area contributed by atoms with Crippen LogP contribution in [0.3, 0.4) is 0 Å². The van der Waals surface area contributed by atoms with Crippen LogP contribution in [0.5, 0.6) is 0 Å². The Labute approximate surface area is 125 Å². The largest absolute Gasteiger partial charge is 0.380 e. The van der Waals surface area contributed by atoms with Gasteiger partial charge in [0.1, 0.15) is 5.69 Å². The van der Waals surface area contributed by atoms with Crippen molar-refractivity contribution < 1.29 is 13.3 Å². The van der Waals surface area contributed by atoms with Gasteiger partial charge in [-0.25, -0.2) is 12.7 Å². The van der Waals surface area contributed by atoms with Crippen LogP contribution >= 0.6 is 0 Å². The minimum absolute atomic E-state index is 0.0704. The summed E-state index contributed by atoms with van der Waals surface area (Å²) >= 11 is 0. The van der Waals surface area contributed by atoms with E-state index in [0.717, 1.165) is 6.07 Å². The van der Waals surface area contributed by atoms with Gasteiger partial charge in [-0.15, -0.1) is 0 Å². The topological polar surface area (TPSA) is 92.6 Å². The number of nitrogens with zero attached hydrogens (tertiary/aromatic N) is 2. The first-order valence-electron chi connectivity index (χ1n) is 6.68. The molecule has 0 radical (unpaired) electrons. The van der Waals surface area contributed by atoms with Crippen molar-refractivity contribution in [2.24, 2.45) is 5.92 Å².